The van der Waals surface area contributed by atoms with Gasteiger partial charge >= 0.3 is 11.9 Å². The van der Waals surface area contributed by atoms with Crippen LogP contribution in [0.2, 0.25) is 0 Å². The fourth-order valence-electron chi connectivity index (χ4n) is 2.77. The van der Waals surface area contributed by atoms with Crippen LogP contribution >= 0.6 is 0 Å². The number of carboxylic acids is 2. The molecule has 0 aromatic carbocycles. The van der Waals surface area contributed by atoms with Gasteiger partial charge in [-0.25, -0.2) is 0 Å². The van der Waals surface area contributed by atoms with E-state index in [1.165, 1.54) is 12.2 Å². The van der Waals surface area contributed by atoms with E-state index in [9.17, 15) is 19.8 Å². The zero-order valence-corrected chi connectivity index (χ0v) is 10.3. The monoisotopic (exact) mass is 250 g/mol. The number of hydrogen-bond acceptors (Lipinski definition) is 2. The highest BCUT2D eigenvalue weighted by Crippen LogP contribution is 2.53. The molecule has 18 heavy (non-hydrogen) atoms. The fraction of sp³-hybridized carbons (Fsp3) is 0.429. The second-order valence-corrected chi connectivity index (χ2v) is 4.64. The standard InChI is InChI=1S/C14H18O4/c1-3-7-13(11(15)16)9-5-6-10-14(13,8-4-2)12(17)18/h3-6H,1-2,7-10H2,(H,15,16)(H,17,18). The van der Waals surface area contributed by atoms with Crippen LogP contribution in [0.3, 0.4) is 0 Å². The fourth-order valence-corrected chi connectivity index (χ4v) is 2.77. The molecule has 1 aliphatic carbocycles. The van der Waals surface area contributed by atoms with Crippen molar-refractivity contribution in [1.29, 1.82) is 0 Å². The molecule has 0 saturated heterocycles. The summed E-state index contributed by atoms with van der Waals surface area (Å²) in [7, 11) is 0. The van der Waals surface area contributed by atoms with E-state index in [1.54, 1.807) is 12.2 Å². The molecule has 4 heteroatoms. The van der Waals surface area contributed by atoms with Crippen molar-refractivity contribution in [2.45, 2.75) is 25.7 Å². The van der Waals surface area contributed by atoms with Crippen LogP contribution in [0, 0.1) is 10.8 Å². The Hall–Kier alpha value is -1.84. The van der Waals surface area contributed by atoms with Crippen LogP contribution in [0.5, 0.6) is 0 Å². The van der Waals surface area contributed by atoms with Crippen molar-refractivity contribution in [1.82, 2.24) is 0 Å². The van der Waals surface area contributed by atoms with Crippen LogP contribution in [0.15, 0.2) is 37.5 Å². The second kappa shape index (κ2) is 5.21. The lowest BCUT2D eigenvalue weighted by Gasteiger charge is -2.45. The molecule has 0 spiro atoms. The summed E-state index contributed by atoms with van der Waals surface area (Å²) in [6.45, 7) is 7.12. The molecule has 0 aliphatic heterocycles. The highest BCUT2D eigenvalue weighted by atomic mass is 16.4. The topological polar surface area (TPSA) is 74.6 Å². The van der Waals surface area contributed by atoms with Crippen molar-refractivity contribution in [2.75, 3.05) is 0 Å². The molecular formula is C14H18O4. The first-order valence-electron chi connectivity index (χ1n) is 5.80. The van der Waals surface area contributed by atoms with Gasteiger partial charge in [-0.2, -0.15) is 0 Å². The van der Waals surface area contributed by atoms with Crippen molar-refractivity contribution >= 4 is 11.9 Å². The molecule has 98 valence electrons. The lowest BCUT2D eigenvalue weighted by Crippen LogP contribution is -2.53. The largest absolute Gasteiger partial charge is 0.481 e. The molecule has 0 fully saturated rings. The number of allylic oxidation sites excluding steroid dienone is 4. The quantitative estimate of drug-likeness (QED) is 0.710. The van der Waals surface area contributed by atoms with E-state index in [4.69, 9.17) is 0 Å². The Morgan fingerprint density at radius 3 is 1.56 bits per heavy atom. The van der Waals surface area contributed by atoms with Crippen LogP contribution in [0.25, 0.3) is 0 Å². The Balaban J connectivity index is 3.45. The molecule has 1 aliphatic rings. The molecule has 1 rings (SSSR count). The molecule has 0 aromatic heterocycles. The average molecular weight is 250 g/mol. The first-order chi connectivity index (χ1) is 8.47. The maximum absolute atomic E-state index is 11.7. The summed E-state index contributed by atoms with van der Waals surface area (Å²) in [5, 5.41) is 19.1. The van der Waals surface area contributed by atoms with Gasteiger partial charge in [0, 0.05) is 0 Å². The molecule has 0 saturated carbocycles. The van der Waals surface area contributed by atoms with Crippen LogP contribution in [0.1, 0.15) is 25.7 Å². The minimum atomic E-state index is -1.34. The van der Waals surface area contributed by atoms with E-state index < -0.39 is 22.8 Å². The SMILES string of the molecule is C=CCC1(C(=O)O)CC=CCC1(CC=C)C(=O)O. The number of carbonyl (C=O) groups is 2. The van der Waals surface area contributed by atoms with Crippen molar-refractivity contribution in [2.24, 2.45) is 10.8 Å². The third-order valence-electron chi connectivity index (χ3n) is 3.82. The summed E-state index contributed by atoms with van der Waals surface area (Å²) in [5.74, 6) is -2.17. The number of aliphatic carboxylic acids is 2. The molecule has 0 aromatic rings. The third-order valence-corrected chi connectivity index (χ3v) is 3.82. The lowest BCUT2D eigenvalue weighted by atomic mass is 9.55. The van der Waals surface area contributed by atoms with Crippen molar-refractivity contribution in [3.8, 4) is 0 Å². The minimum absolute atomic E-state index is 0.132. The molecule has 0 heterocycles. The van der Waals surface area contributed by atoms with Gasteiger partial charge in [-0.15, -0.1) is 13.2 Å². The van der Waals surface area contributed by atoms with Gasteiger partial charge in [0.25, 0.3) is 0 Å². The first kappa shape index (κ1) is 14.2. The average Bonchev–Trinajstić information content (AvgIpc) is 2.31. The second-order valence-electron chi connectivity index (χ2n) is 4.64. The normalized spacial score (nSPS) is 30.7. The predicted octanol–water partition coefficient (Wildman–Crippen LogP) is 2.63. The number of rotatable bonds is 6. The molecular weight excluding hydrogens is 232 g/mol. The molecule has 0 radical (unpaired) electrons. The van der Waals surface area contributed by atoms with E-state index in [0.29, 0.717) is 0 Å². The maximum atomic E-state index is 11.7. The van der Waals surface area contributed by atoms with Gasteiger partial charge in [-0.1, -0.05) is 24.3 Å². The predicted molar refractivity (Wildman–Crippen MR) is 68.1 cm³/mol. The van der Waals surface area contributed by atoms with Crippen molar-refractivity contribution < 1.29 is 19.8 Å². The molecule has 2 N–H and O–H groups in total. The van der Waals surface area contributed by atoms with Gasteiger partial charge in [0.2, 0.25) is 0 Å². The molecule has 2 unspecified atom stereocenters. The number of hydrogen-bond donors (Lipinski definition) is 2. The third kappa shape index (κ3) is 1.88. The van der Waals surface area contributed by atoms with Crippen LogP contribution < -0.4 is 0 Å². The van der Waals surface area contributed by atoms with Crippen molar-refractivity contribution in [3.63, 3.8) is 0 Å². The Morgan fingerprint density at radius 2 is 1.33 bits per heavy atom. The van der Waals surface area contributed by atoms with Gasteiger partial charge in [0.05, 0.1) is 10.8 Å². The first-order valence-corrected chi connectivity index (χ1v) is 5.80. The Bertz CT molecular complexity index is 372. The smallest absolute Gasteiger partial charge is 0.311 e. The zero-order valence-electron chi connectivity index (χ0n) is 10.3. The van der Waals surface area contributed by atoms with Crippen LogP contribution in [0.4, 0.5) is 0 Å². The van der Waals surface area contributed by atoms with E-state index in [0.717, 1.165) is 0 Å². The van der Waals surface area contributed by atoms with Crippen LogP contribution in [-0.2, 0) is 9.59 Å². The summed E-state index contributed by atoms with van der Waals surface area (Å²) in [6, 6.07) is 0. The highest BCUT2D eigenvalue weighted by Gasteiger charge is 2.59. The van der Waals surface area contributed by atoms with Gasteiger partial charge in [0.15, 0.2) is 0 Å². The van der Waals surface area contributed by atoms with Gasteiger partial charge in [-0.05, 0) is 25.7 Å². The molecule has 0 bridgehead atoms. The molecule has 4 nitrogen and oxygen atoms in total. The van der Waals surface area contributed by atoms with E-state index in [-0.39, 0.29) is 25.7 Å². The Labute approximate surface area is 106 Å². The van der Waals surface area contributed by atoms with Gasteiger partial charge in [0.1, 0.15) is 0 Å². The summed E-state index contributed by atoms with van der Waals surface area (Å²) < 4.78 is 0. The Morgan fingerprint density at radius 1 is 1.00 bits per heavy atom. The maximum Gasteiger partial charge on any atom is 0.311 e. The van der Waals surface area contributed by atoms with E-state index in [1.807, 2.05) is 0 Å². The van der Waals surface area contributed by atoms with E-state index in [2.05, 4.69) is 13.2 Å². The summed E-state index contributed by atoms with van der Waals surface area (Å²) in [5.41, 5.74) is -2.69. The van der Waals surface area contributed by atoms with Gasteiger partial charge < -0.3 is 10.2 Å². The van der Waals surface area contributed by atoms with Gasteiger partial charge in [-0.3, -0.25) is 9.59 Å². The van der Waals surface area contributed by atoms with Crippen molar-refractivity contribution in [3.05, 3.63) is 37.5 Å². The van der Waals surface area contributed by atoms with E-state index >= 15 is 0 Å². The molecule has 2 atom stereocenters. The summed E-state index contributed by atoms with van der Waals surface area (Å²) >= 11 is 0. The minimum Gasteiger partial charge on any atom is -0.481 e. The molecule has 0 amide bonds. The summed E-state index contributed by atoms with van der Waals surface area (Å²) in [6.07, 6.45) is 7.11. The van der Waals surface area contributed by atoms with Crippen LogP contribution in [-0.4, -0.2) is 22.2 Å². The Kier molecular flexibility index (Phi) is 4.11. The highest BCUT2D eigenvalue weighted by molar-refractivity contribution is 5.87. The lowest BCUT2D eigenvalue weighted by molar-refractivity contribution is -0.174. The summed E-state index contributed by atoms with van der Waals surface area (Å²) in [4.78, 5) is 23.4. The number of carboxylic acid groups (broad SMARTS) is 2. The zero-order chi connectivity index (χ0) is 13.8.